The number of ether oxygens (including phenoxy) is 2. The van der Waals surface area contributed by atoms with Crippen LogP contribution in [0, 0.1) is 0 Å². The fourth-order valence-electron chi connectivity index (χ4n) is 4.64. The van der Waals surface area contributed by atoms with Crippen molar-refractivity contribution >= 4 is 0 Å². The van der Waals surface area contributed by atoms with Crippen LogP contribution in [0.2, 0.25) is 0 Å². The Bertz CT molecular complexity index is 698. The van der Waals surface area contributed by atoms with Crippen molar-refractivity contribution in [1.29, 1.82) is 0 Å². The molecule has 0 amide bonds. The quantitative estimate of drug-likeness (QED) is 0.323. The fraction of sp³-hybridized carbons (Fsp3) is 0.692. The number of phenols is 1. The molecule has 0 saturated carbocycles. The van der Waals surface area contributed by atoms with E-state index in [0.717, 1.165) is 36.1 Å². The van der Waals surface area contributed by atoms with Gasteiger partial charge in [-0.05, 0) is 56.7 Å². The van der Waals surface area contributed by atoms with Gasteiger partial charge in [0.25, 0.3) is 0 Å². The Morgan fingerprint density at radius 3 is 2.45 bits per heavy atom. The Morgan fingerprint density at radius 1 is 1.14 bits per heavy atom. The molecule has 0 fully saturated rings. The maximum atomic E-state index is 11.1. The van der Waals surface area contributed by atoms with Crippen molar-refractivity contribution in [3.63, 3.8) is 0 Å². The summed E-state index contributed by atoms with van der Waals surface area (Å²) in [5, 5.41) is 11.1. The molecule has 3 heteroatoms. The van der Waals surface area contributed by atoms with Crippen molar-refractivity contribution in [3.05, 3.63) is 34.4 Å². The molecule has 0 saturated heterocycles. The zero-order chi connectivity index (χ0) is 21.6. The molecule has 1 heterocycles. The van der Waals surface area contributed by atoms with E-state index in [9.17, 15) is 5.11 Å². The Balaban J connectivity index is 2.42. The van der Waals surface area contributed by atoms with E-state index in [-0.39, 0.29) is 17.6 Å². The molecule has 0 spiro atoms. The SMILES string of the molecule is CCCCCCC(C)(C)c1cc(O)c2c(c1)OC(OCC)CC2C(CC)=C(C)C. The van der Waals surface area contributed by atoms with Gasteiger partial charge in [0.15, 0.2) is 0 Å². The molecule has 1 aromatic rings. The van der Waals surface area contributed by atoms with Crippen molar-refractivity contribution in [2.24, 2.45) is 0 Å². The lowest BCUT2D eigenvalue weighted by Crippen LogP contribution is -2.30. The summed E-state index contributed by atoms with van der Waals surface area (Å²) >= 11 is 0. The van der Waals surface area contributed by atoms with E-state index in [2.05, 4.69) is 47.6 Å². The third kappa shape index (κ3) is 5.78. The lowest BCUT2D eigenvalue weighted by atomic mass is 9.76. The van der Waals surface area contributed by atoms with E-state index < -0.39 is 0 Å². The molecule has 1 aliphatic heterocycles. The molecule has 2 atom stereocenters. The monoisotopic (exact) mass is 402 g/mol. The predicted octanol–water partition coefficient (Wildman–Crippen LogP) is 7.62. The number of aromatic hydroxyl groups is 1. The van der Waals surface area contributed by atoms with Crippen LogP contribution >= 0.6 is 0 Å². The first-order chi connectivity index (χ1) is 13.7. The van der Waals surface area contributed by atoms with Gasteiger partial charge in [0.05, 0.1) is 0 Å². The van der Waals surface area contributed by atoms with Crippen LogP contribution in [0.15, 0.2) is 23.3 Å². The average molecular weight is 403 g/mol. The molecule has 1 aliphatic rings. The van der Waals surface area contributed by atoms with E-state index >= 15 is 0 Å². The second kappa shape index (κ2) is 10.5. The smallest absolute Gasteiger partial charge is 0.200 e. The third-order valence-electron chi connectivity index (χ3n) is 6.39. The van der Waals surface area contributed by atoms with Gasteiger partial charge in [-0.3, -0.25) is 0 Å². The summed E-state index contributed by atoms with van der Waals surface area (Å²) in [4.78, 5) is 0. The Kier molecular flexibility index (Phi) is 8.63. The minimum absolute atomic E-state index is 0.00175. The lowest BCUT2D eigenvalue weighted by molar-refractivity contribution is -0.0900. The molecule has 29 heavy (non-hydrogen) atoms. The minimum Gasteiger partial charge on any atom is -0.507 e. The molecule has 1 N–H and O–H groups in total. The van der Waals surface area contributed by atoms with Crippen LogP contribution in [0.5, 0.6) is 11.5 Å². The highest BCUT2D eigenvalue weighted by atomic mass is 16.7. The maximum Gasteiger partial charge on any atom is 0.200 e. The Hall–Kier alpha value is -1.48. The van der Waals surface area contributed by atoms with E-state index in [1.54, 1.807) is 0 Å². The van der Waals surface area contributed by atoms with Gasteiger partial charge in [0.2, 0.25) is 6.29 Å². The van der Waals surface area contributed by atoms with Crippen LogP contribution in [0.1, 0.15) is 110 Å². The molecule has 3 nitrogen and oxygen atoms in total. The zero-order valence-electron chi connectivity index (χ0n) is 19.7. The van der Waals surface area contributed by atoms with E-state index in [4.69, 9.17) is 9.47 Å². The molecular formula is C26H42O3. The van der Waals surface area contributed by atoms with Crippen LogP contribution in [0.25, 0.3) is 0 Å². The van der Waals surface area contributed by atoms with Crippen molar-refractivity contribution < 1.29 is 14.6 Å². The largest absolute Gasteiger partial charge is 0.507 e. The second-order valence-corrected chi connectivity index (χ2v) is 9.27. The number of rotatable bonds is 10. The number of allylic oxidation sites excluding steroid dienone is 2. The summed E-state index contributed by atoms with van der Waals surface area (Å²) < 4.78 is 12.1. The first-order valence-electron chi connectivity index (χ1n) is 11.6. The summed E-state index contributed by atoms with van der Waals surface area (Å²) in [5.41, 5.74) is 4.78. The van der Waals surface area contributed by atoms with Crippen LogP contribution in [0.3, 0.4) is 0 Å². The topological polar surface area (TPSA) is 38.7 Å². The molecular weight excluding hydrogens is 360 g/mol. The molecule has 164 valence electrons. The van der Waals surface area contributed by atoms with Crippen LogP contribution < -0.4 is 4.74 Å². The van der Waals surface area contributed by atoms with Gasteiger partial charge >= 0.3 is 0 Å². The second-order valence-electron chi connectivity index (χ2n) is 9.27. The van der Waals surface area contributed by atoms with Crippen LogP contribution in [-0.4, -0.2) is 18.0 Å². The average Bonchev–Trinajstić information content (AvgIpc) is 2.65. The van der Waals surface area contributed by atoms with Gasteiger partial charge in [-0.15, -0.1) is 0 Å². The van der Waals surface area contributed by atoms with Crippen LogP contribution in [0.4, 0.5) is 0 Å². The molecule has 2 unspecified atom stereocenters. The number of hydrogen-bond acceptors (Lipinski definition) is 3. The van der Waals surface area contributed by atoms with Crippen molar-refractivity contribution in [2.45, 2.75) is 111 Å². The first-order valence-corrected chi connectivity index (χ1v) is 11.6. The summed E-state index contributed by atoms with van der Waals surface area (Å²) in [6.07, 6.45) is 7.58. The van der Waals surface area contributed by atoms with Crippen molar-refractivity contribution in [1.82, 2.24) is 0 Å². The fourth-order valence-corrected chi connectivity index (χ4v) is 4.64. The molecule has 0 radical (unpaired) electrons. The number of unbranched alkanes of at least 4 members (excludes halogenated alkanes) is 3. The standard InChI is InChI=1S/C26H42O3/c1-8-11-12-13-14-26(6,7)19-15-22(27)25-21(20(9-2)18(4)5)17-24(28-10-3)29-23(25)16-19/h15-16,21,24,27H,8-14,17H2,1-7H3. The molecule has 0 bridgehead atoms. The molecule has 0 aliphatic carbocycles. The van der Waals surface area contributed by atoms with Crippen molar-refractivity contribution in [3.8, 4) is 11.5 Å². The van der Waals surface area contributed by atoms with Crippen molar-refractivity contribution in [2.75, 3.05) is 6.61 Å². The Morgan fingerprint density at radius 2 is 1.86 bits per heavy atom. The third-order valence-corrected chi connectivity index (χ3v) is 6.39. The highest BCUT2D eigenvalue weighted by Gasteiger charge is 2.35. The normalized spacial score (nSPS) is 18.9. The van der Waals surface area contributed by atoms with E-state index in [0.29, 0.717) is 12.4 Å². The van der Waals surface area contributed by atoms with Gasteiger partial charge in [0, 0.05) is 24.5 Å². The zero-order valence-corrected chi connectivity index (χ0v) is 19.7. The minimum atomic E-state index is -0.263. The van der Waals surface area contributed by atoms with Gasteiger partial charge in [-0.25, -0.2) is 0 Å². The highest BCUT2D eigenvalue weighted by molar-refractivity contribution is 5.54. The Labute approximate surface area is 178 Å². The van der Waals surface area contributed by atoms with E-state index in [1.807, 2.05) is 13.0 Å². The van der Waals surface area contributed by atoms with Gasteiger partial charge in [-0.1, -0.05) is 64.5 Å². The number of phenolic OH excluding ortho intramolecular Hbond substituents is 1. The van der Waals surface area contributed by atoms with Crippen LogP contribution in [-0.2, 0) is 10.2 Å². The maximum absolute atomic E-state index is 11.1. The summed E-state index contributed by atoms with van der Waals surface area (Å²) in [5.74, 6) is 1.31. The summed E-state index contributed by atoms with van der Waals surface area (Å²) in [6.45, 7) is 15.9. The number of fused-ring (bicyclic) bond motifs is 1. The molecule has 0 aromatic heterocycles. The lowest BCUT2D eigenvalue weighted by Gasteiger charge is -2.36. The van der Waals surface area contributed by atoms with Gasteiger partial charge in [0.1, 0.15) is 11.5 Å². The summed E-state index contributed by atoms with van der Waals surface area (Å²) in [7, 11) is 0. The number of benzene rings is 1. The summed E-state index contributed by atoms with van der Waals surface area (Å²) in [6, 6.07) is 4.14. The first kappa shape index (κ1) is 23.8. The van der Waals surface area contributed by atoms with Gasteiger partial charge in [-0.2, -0.15) is 0 Å². The van der Waals surface area contributed by atoms with E-state index in [1.165, 1.54) is 36.8 Å². The molecule has 2 rings (SSSR count). The predicted molar refractivity (Wildman–Crippen MR) is 122 cm³/mol. The van der Waals surface area contributed by atoms with Gasteiger partial charge < -0.3 is 14.6 Å². The number of hydrogen-bond donors (Lipinski definition) is 1. The highest BCUT2D eigenvalue weighted by Crippen LogP contribution is 2.49. The molecule has 1 aromatic carbocycles.